The Bertz CT molecular complexity index is 768. The van der Waals surface area contributed by atoms with Gasteiger partial charge in [-0.2, -0.15) is 0 Å². The molecule has 26 heavy (non-hydrogen) atoms. The highest BCUT2D eigenvalue weighted by atomic mass is 19.1. The van der Waals surface area contributed by atoms with Gasteiger partial charge in [-0.05, 0) is 43.5 Å². The second-order valence-corrected chi connectivity index (χ2v) is 7.82. The molecule has 1 aliphatic heterocycles. The van der Waals surface area contributed by atoms with Crippen LogP contribution in [0.25, 0.3) is 10.9 Å². The third-order valence-electron chi connectivity index (χ3n) is 5.95. The zero-order valence-corrected chi connectivity index (χ0v) is 15.5. The second kappa shape index (κ2) is 7.59. The van der Waals surface area contributed by atoms with E-state index in [1.165, 1.54) is 24.1 Å². The van der Waals surface area contributed by atoms with Gasteiger partial charge in [0, 0.05) is 55.9 Å². The zero-order valence-electron chi connectivity index (χ0n) is 15.5. The predicted molar refractivity (Wildman–Crippen MR) is 102 cm³/mol. The maximum absolute atomic E-state index is 13.5. The number of aromatic nitrogens is 1. The van der Waals surface area contributed by atoms with Crippen molar-refractivity contribution in [2.45, 2.75) is 51.3 Å². The van der Waals surface area contributed by atoms with Gasteiger partial charge in [-0.1, -0.05) is 12.8 Å². The van der Waals surface area contributed by atoms with E-state index in [-0.39, 0.29) is 11.9 Å². The first-order valence-electron chi connectivity index (χ1n) is 9.80. The average molecular weight is 357 g/mol. The van der Waals surface area contributed by atoms with Crippen molar-refractivity contribution in [3.8, 4) is 0 Å². The van der Waals surface area contributed by atoms with Crippen molar-refractivity contribution in [1.82, 2.24) is 14.8 Å². The van der Waals surface area contributed by atoms with Crippen molar-refractivity contribution in [1.29, 1.82) is 0 Å². The Kier molecular flexibility index (Phi) is 5.20. The quantitative estimate of drug-likeness (QED) is 0.916. The molecule has 5 heteroatoms. The number of hydrogen-bond acceptors (Lipinski definition) is 4. The Morgan fingerprint density at radius 1 is 1.12 bits per heavy atom. The number of nitrogens with zero attached hydrogens (tertiary/aromatic N) is 3. The summed E-state index contributed by atoms with van der Waals surface area (Å²) in [7, 11) is 0. The molecule has 140 valence electrons. The van der Waals surface area contributed by atoms with Gasteiger partial charge < -0.3 is 5.11 Å². The minimum Gasteiger partial charge on any atom is -0.391 e. The first-order chi connectivity index (χ1) is 12.6. The maximum atomic E-state index is 13.5. The molecule has 0 amide bonds. The molecule has 0 bridgehead atoms. The molecule has 0 spiro atoms. The van der Waals surface area contributed by atoms with Gasteiger partial charge in [-0.15, -0.1) is 0 Å². The van der Waals surface area contributed by atoms with Crippen molar-refractivity contribution >= 4 is 10.9 Å². The summed E-state index contributed by atoms with van der Waals surface area (Å²) in [6.45, 7) is 6.88. The minimum atomic E-state index is -0.235. The van der Waals surface area contributed by atoms with Crippen molar-refractivity contribution in [3.63, 3.8) is 0 Å². The lowest BCUT2D eigenvalue weighted by molar-refractivity contribution is -0.00467. The van der Waals surface area contributed by atoms with E-state index in [0.717, 1.165) is 68.6 Å². The van der Waals surface area contributed by atoms with Crippen molar-refractivity contribution in [2.24, 2.45) is 0 Å². The number of benzene rings is 1. The zero-order chi connectivity index (χ0) is 18.1. The van der Waals surface area contributed by atoms with Gasteiger partial charge in [0.05, 0.1) is 11.6 Å². The summed E-state index contributed by atoms with van der Waals surface area (Å²) >= 11 is 0. The number of rotatable bonds is 3. The lowest BCUT2D eigenvalue weighted by Crippen LogP contribution is -2.54. The molecule has 2 aliphatic rings. The van der Waals surface area contributed by atoms with Gasteiger partial charge in [0.2, 0.25) is 0 Å². The molecule has 1 saturated heterocycles. The van der Waals surface area contributed by atoms with Crippen LogP contribution < -0.4 is 0 Å². The van der Waals surface area contributed by atoms with Gasteiger partial charge in [-0.25, -0.2) is 4.39 Å². The Morgan fingerprint density at radius 3 is 2.65 bits per heavy atom. The first kappa shape index (κ1) is 17.8. The fraction of sp³-hybridized carbons (Fsp3) is 0.571. The molecule has 4 nitrogen and oxygen atoms in total. The number of aliphatic hydroxyl groups is 1. The molecule has 4 rings (SSSR count). The molecule has 2 aromatic rings. The van der Waals surface area contributed by atoms with Crippen LogP contribution in [0.5, 0.6) is 0 Å². The Labute approximate surface area is 154 Å². The van der Waals surface area contributed by atoms with E-state index in [2.05, 4.69) is 20.9 Å². The summed E-state index contributed by atoms with van der Waals surface area (Å²) < 4.78 is 13.5. The van der Waals surface area contributed by atoms with Crippen molar-refractivity contribution < 1.29 is 9.50 Å². The molecule has 1 aromatic carbocycles. The third-order valence-corrected chi connectivity index (χ3v) is 5.95. The number of halogens is 1. The summed E-state index contributed by atoms with van der Waals surface area (Å²) in [4.78, 5) is 9.42. The molecule has 0 unspecified atom stereocenters. The average Bonchev–Trinajstić information content (AvgIpc) is 2.62. The van der Waals surface area contributed by atoms with Gasteiger partial charge in [-0.3, -0.25) is 14.8 Å². The normalized spacial score (nSPS) is 25.7. The fourth-order valence-corrected chi connectivity index (χ4v) is 4.56. The van der Waals surface area contributed by atoms with E-state index in [1.54, 1.807) is 0 Å². The highest BCUT2D eigenvalue weighted by Gasteiger charge is 2.30. The van der Waals surface area contributed by atoms with Crippen molar-refractivity contribution in [2.75, 3.05) is 26.2 Å². The molecule has 2 atom stereocenters. The monoisotopic (exact) mass is 357 g/mol. The summed E-state index contributed by atoms with van der Waals surface area (Å²) in [5.74, 6) is -0.235. The van der Waals surface area contributed by atoms with E-state index in [4.69, 9.17) is 0 Å². The number of pyridine rings is 1. The van der Waals surface area contributed by atoms with Crippen molar-refractivity contribution in [3.05, 3.63) is 41.3 Å². The van der Waals surface area contributed by atoms with E-state index in [0.29, 0.717) is 6.04 Å². The molecule has 1 N–H and O–H groups in total. The van der Waals surface area contributed by atoms with E-state index in [1.807, 2.05) is 13.0 Å². The van der Waals surface area contributed by atoms with Crippen LogP contribution in [0.2, 0.25) is 0 Å². The smallest absolute Gasteiger partial charge is 0.125 e. The number of piperazine rings is 1. The highest BCUT2D eigenvalue weighted by molar-refractivity contribution is 5.82. The van der Waals surface area contributed by atoms with E-state index in [9.17, 15) is 9.50 Å². The second-order valence-electron chi connectivity index (χ2n) is 7.82. The van der Waals surface area contributed by atoms with Crippen LogP contribution >= 0.6 is 0 Å². The van der Waals surface area contributed by atoms with Crippen LogP contribution in [0.15, 0.2) is 24.3 Å². The van der Waals surface area contributed by atoms with Crippen LogP contribution in [0.3, 0.4) is 0 Å². The summed E-state index contributed by atoms with van der Waals surface area (Å²) in [6.07, 6.45) is 4.31. The molecule has 2 heterocycles. The van der Waals surface area contributed by atoms with Gasteiger partial charge >= 0.3 is 0 Å². The van der Waals surface area contributed by atoms with Gasteiger partial charge in [0.1, 0.15) is 5.82 Å². The molecular formula is C21H28FN3O. The number of fused-ring (bicyclic) bond motifs is 1. The first-order valence-corrected chi connectivity index (χ1v) is 9.80. The largest absolute Gasteiger partial charge is 0.391 e. The molecule has 0 radical (unpaired) electrons. The van der Waals surface area contributed by atoms with Gasteiger partial charge in [0.15, 0.2) is 0 Å². The fourth-order valence-electron chi connectivity index (χ4n) is 4.56. The molecule has 1 aliphatic carbocycles. The lowest BCUT2D eigenvalue weighted by atomic mass is 9.91. The summed E-state index contributed by atoms with van der Waals surface area (Å²) in [6, 6.07) is 7.36. The third kappa shape index (κ3) is 3.75. The summed E-state index contributed by atoms with van der Waals surface area (Å²) in [5.41, 5.74) is 2.89. The van der Waals surface area contributed by atoms with Gasteiger partial charge in [0.25, 0.3) is 0 Å². The number of aliphatic hydroxyl groups excluding tert-OH is 1. The van der Waals surface area contributed by atoms with E-state index < -0.39 is 0 Å². The molecule has 2 fully saturated rings. The van der Waals surface area contributed by atoms with Crippen LogP contribution in [0.4, 0.5) is 4.39 Å². The topological polar surface area (TPSA) is 39.6 Å². The SMILES string of the molecule is Cc1cc(CN2CCN([C@H]3CCCC[C@@H]3O)CC2)c2ccc(F)cc2n1. The Balaban J connectivity index is 1.44. The molecular weight excluding hydrogens is 329 g/mol. The lowest BCUT2D eigenvalue weighted by Gasteiger charge is -2.42. The standard InChI is InChI=1S/C21H28FN3O/c1-15-12-16(18-7-6-17(22)13-19(18)23-15)14-24-8-10-25(11-9-24)20-4-2-3-5-21(20)26/h6-7,12-13,20-21,26H,2-5,8-11,14H2,1H3/t20-,21-/m0/s1. The Morgan fingerprint density at radius 2 is 1.88 bits per heavy atom. The maximum Gasteiger partial charge on any atom is 0.125 e. The van der Waals surface area contributed by atoms with Crippen LogP contribution in [0.1, 0.15) is 36.9 Å². The number of hydrogen-bond donors (Lipinski definition) is 1. The summed E-state index contributed by atoms with van der Waals surface area (Å²) in [5, 5.41) is 11.3. The predicted octanol–water partition coefficient (Wildman–Crippen LogP) is 3.10. The van der Waals surface area contributed by atoms with E-state index >= 15 is 0 Å². The highest BCUT2D eigenvalue weighted by Crippen LogP contribution is 2.25. The minimum absolute atomic E-state index is 0.156. The van der Waals surface area contributed by atoms with Crippen LogP contribution in [-0.4, -0.2) is 58.2 Å². The van der Waals surface area contributed by atoms with Crippen LogP contribution in [0, 0.1) is 12.7 Å². The Hall–Kier alpha value is -1.56. The van der Waals surface area contributed by atoms with Crippen LogP contribution in [-0.2, 0) is 6.54 Å². The molecule has 1 aromatic heterocycles. The number of aryl methyl sites for hydroxylation is 1. The molecule has 1 saturated carbocycles.